The summed E-state index contributed by atoms with van der Waals surface area (Å²) in [5.41, 5.74) is 2.09. The van der Waals surface area contributed by atoms with Crippen molar-refractivity contribution in [2.45, 2.75) is 12.8 Å². The molecule has 0 aliphatic carbocycles. The Balaban J connectivity index is 2.34. The first-order valence-electron chi connectivity index (χ1n) is 4.92. The minimum absolute atomic E-state index is 0.677. The van der Waals surface area contributed by atoms with Crippen LogP contribution < -0.4 is 4.74 Å². The third kappa shape index (κ3) is 2.07. The van der Waals surface area contributed by atoms with E-state index in [1.165, 1.54) is 0 Å². The van der Waals surface area contributed by atoms with E-state index >= 15 is 0 Å². The lowest BCUT2D eigenvalue weighted by Crippen LogP contribution is -1.87. The van der Waals surface area contributed by atoms with Crippen molar-refractivity contribution in [3.63, 3.8) is 0 Å². The molecular formula is C11H13ClN2O. The number of aromatic nitrogens is 2. The molecule has 0 atom stereocenters. The van der Waals surface area contributed by atoms with Gasteiger partial charge in [0.25, 0.3) is 0 Å². The first-order chi connectivity index (χ1) is 7.35. The molecule has 3 nitrogen and oxygen atoms in total. The fourth-order valence-electron chi connectivity index (χ4n) is 1.61. The van der Waals surface area contributed by atoms with Gasteiger partial charge in [-0.25, -0.2) is 0 Å². The Bertz CT molecular complexity index is 453. The highest BCUT2D eigenvalue weighted by Gasteiger charge is 2.05. The largest absolute Gasteiger partial charge is 0.497 e. The standard InChI is InChI=1S/C11H13ClN2O/c1-15-8-4-5-9-10(3-2-6-12)13-14-11(9)7-8/h4-5,7H,2-3,6H2,1H3,(H,13,14). The van der Waals surface area contributed by atoms with E-state index in [-0.39, 0.29) is 0 Å². The van der Waals surface area contributed by atoms with Crippen molar-refractivity contribution in [1.29, 1.82) is 0 Å². The molecule has 1 aromatic carbocycles. The summed E-state index contributed by atoms with van der Waals surface area (Å²) in [6.07, 6.45) is 1.90. The quantitative estimate of drug-likeness (QED) is 0.811. The molecule has 4 heteroatoms. The highest BCUT2D eigenvalue weighted by molar-refractivity contribution is 6.17. The molecule has 0 fully saturated rings. The summed E-state index contributed by atoms with van der Waals surface area (Å²) in [6.45, 7) is 0. The zero-order valence-electron chi connectivity index (χ0n) is 8.59. The van der Waals surface area contributed by atoms with E-state index in [9.17, 15) is 0 Å². The van der Waals surface area contributed by atoms with Gasteiger partial charge >= 0.3 is 0 Å². The number of aromatic amines is 1. The molecule has 1 aromatic heterocycles. The molecular weight excluding hydrogens is 212 g/mol. The van der Waals surface area contributed by atoms with Crippen molar-refractivity contribution in [3.8, 4) is 5.75 Å². The zero-order chi connectivity index (χ0) is 10.7. The normalized spacial score (nSPS) is 10.8. The number of nitrogens with zero attached hydrogens (tertiary/aromatic N) is 1. The lowest BCUT2D eigenvalue weighted by molar-refractivity contribution is 0.415. The summed E-state index contributed by atoms with van der Waals surface area (Å²) in [5.74, 6) is 1.51. The number of methoxy groups -OCH3 is 1. The van der Waals surface area contributed by atoms with E-state index in [1.807, 2.05) is 18.2 Å². The molecule has 80 valence electrons. The molecule has 0 aliphatic rings. The van der Waals surface area contributed by atoms with Crippen LogP contribution in [0.3, 0.4) is 0 Å². The van der Waals surface area contributed by atoms with Gasteiger partial charge in [-0.05, 0) is 25.0 Å². The van der Waals surface area contributed by atoms with Crippen molar-refractivity contribution >= 4 is 22.5 Å². The second kappa shape index (κ2) is 4.53. The molecule has 0 saturated heterocycles. The van der Waals surface area contributed by atoms with Gasteiger partial charge in [0, 0.05) is 23.0 Å². The van der Waals surface area contributed by atoms with E-state index in [4.69, 9.17) is 16.3 Å². The number of H-pyrrole nitrogens is 1. The SMILES string of the molecule is COc1ccc2c(CCCCl)[nH]nc2c1. The maximum absolute atomic E-state index is 5.66. The smallest absolute Gasteiger partial charge is 0.121 e. The third-order valence-electron chi connectivity index (χ3n) is 2.40. The molecule has 0 aliphatic heterocycles. The molecule has 0 radical (unpaired) electrons. The Morgan fingerprint density at radius 3 is 3.07 bits per heavy atom. The van der Waals surface area contributed by atoms with Crippen molar-refractivity contribution in [2.24, 2.45) is 0 Å². The fraction of sp³-hybridized carbons (Fsp3) is 0.364. The van der Waals surface area contributed by atoms with Gasteiger partial charge in [-0.3, -0.25) is 5.10 Å². The molecule has 1 N–H and O–H groups in total. The van der Waals surface area contributed by atoms with Crippen LogP contribution >= 0.6 is 11.6 Å². The van der Waals surface area contributed by atoms with Crippen LogP contribution in [-0.2, 0) is 6.42 Å². The van der Waals surface area contributed by atoms with Crippen LogP contribution in [0.25, 0.3) is 10.9 Å². The van der Waals surface area contributed by atoms with Gasteiger partial charge in [-0.2, -0.15) is 5.10 Å². The molecule has 0 unspecified atom stereocenters. The number of fused-ring (bicyclic) bond motifs is 1. The summed E-state index contributed by atoms with van der Waals surface area (Å²) in [6, 6.07) is 5.90. The average molecular weight is 225 g/mol. The van der Waals surface area contributed by atoms with Crippen molar-refractivity contribution in [2.75, 3.05) is 13.0 Å². The second-order valence-electron chi connectivity index (χ2n) is 3.38. The van der Waals surface area contributed by atoms with Crippen LogP contribution in [-0.4, -0.2) is 23.2 Å². The number of nitrogens with one attached hydrogen (secondary N) is 1. The number of hydrogen-bond donors (Lipinski definition) is 1. The lowest BCUT2D eigenvalue weighted by atomic mass is 10.1. The Labute approximate surface area is 93.4 Å². The van der Waals surface area contributed by atoms with Crippen LogP contribution in [0.4, 0.5) is 0 Å². The summed E-state index contributed by atoms with van der Waals surface area (Å²) >= 11 is 5.66. The Morgan fingerprint density at radius 1 is 1.47 bits per heavy atom. The minimum Gasteiger partial charge on any atom is -0.497 e. The Hall–Kier alpha value is -1.22. The van der Waals surface area contributed by atoms with Crippen molar-refractivity contribution < 1.29 is 4.74 Å². The van der Waals surface area contributed by atoms with Gasteiger partial charge in [0.2, 0.25) is 0 Å². The van der Waals surface area contributed by atoms with Crippen molar-refractivity contribution in [3.05, 3.63) is 23.9 Å². The molecule has 0 saturated carbocycles. The van der Waals surface area contributed by atoms with E-state index < -0.39 is 0 Å². The summed E-state index contributed by atoms with van der Waals surface area (Å²) in [7, 11) is 1.65. The van der Waals surface area contributed by atoms with Crippen LogP contribution in [0, 0.1) is 0 Å². The summed E-state index contributed by atoms with van der Waals surface area (Å²) < 4.78 is 5.14. The second-order valence-corrected chi connectivity index (χ2v) is 3.76. The highest BCUT2D eigenvalue weighted by Crippen LogP contribution is 2.22. The maximum atomic E-state index is 5.66. The van der Waals surface area contributed by atoms with Crippen LogP contribution in [0.2, 0.25) is 0 Å². The van der Waals surface area contributed by atoms with E-state index in [0.29, 0.717) is 5.88 Å². The first kappa shape index (κ1) is 10.3. The number of ether oxygens (including phenoxy) is 1. The zero-order valence-corrected chi connectivity index (χ0v) is 9.34. The van der Waals surface area contributed by atoms with Crippen LogP contribution in [0.1, 0.15) is 12.1 Å². The van der Waals surface area contributed by atoms with Gasteiger partial charge in [0.05, 0.1) is 12.6 Å². The predicted molar refractivity (Wildman–Crippen MR) is 61.7 cm³/mol. The predicted octanol–water partition coefficient (Wildman–Crippen LogP) is 2.74. The molecule has 2 aromatic rings. The van der Waals surface area contributed by atoms with E-state index in [2.05, 4.69) is 10.2 Å². The maximum Gasteiger partial charge on any atom is 0.121 e. The van der Waals surface area contributed by atoms with Gasteiger partial charge in [0.15, 0.2) is 0 Å². The van der Waals surface area contributed by atoms with Gasteiger partial charge in [-0.1, -0.05) is 0 Å². The molecule has 0 spiro atoms. The van der Waals surface area contributed by atoms with Gasteiger partial charge in [-0.15, -0.1) is 11.6 Å². The molecule has 0 amide bonds. The Morgan fingerprint density at radius 2 is 2.33 bits per heavy atom. The summed E-state index contributed by atoms with van der Waals surface area (Å²) in [4.78, 5) is 0. The van der Waals surface area contributed by atoms with E-state index in [0.717, 1.165) is 35.2 Å². The highest BCUT2D eigenvalue weighted by atomic mass is 35.5. The minimum atomic E-state index is 0.677. The van der Waals surface area contributed by atoms with Gasteiger partial charge < -0.3 is 4.74 Å². The molecule has 15 heavy (non-hydrogen) atoms. The van der Waals surface area contributed by atoms with Gasteiger partial charge in [0.1, 0.15) is 5.75 Å². The average Bonchev–Trinajstić information content (AvgIpc) is 2.68. The number of rotatable bonds is 4. The first-order valence-corrected chi connectivity index (χ1v) is 5.45. The topological polar surface area (TPSA) is 37.9 Å². The molecule has 1 heterocycles. The fourth-order valence-corrected chi connectivity index (χ4v) is 1.74. The lowest BCUT2D eigenvalue weighted by Gasteiger charge is -1.99. The van der Waals surface area contributed by atoms with Crippen LogP contribution in [0.5, 0.6) is 5.75 Å². The third-order valence-corrected chi connectivity index (χ3v) is 2.67. The number of aryl methyl sites for hydroxylation is 1. The van der Waals surface area contributed by atoms with Crippen molar-refractivity contribution in [1.82, 2.24) is 10.2 Å². The molecule has 2 rings (SSSR count). The van der Waals surface area contributed by atoms with E-state index in [1.54, 1.807) is 7.11 Å². The Kier molecular flexibility index (Phi) is 3.11. The monoisotopic (exact) mass is 224 g/mol. The number of halogens is 1. The number of benzene rings is 1. The number of hydrogen-bond acceptors (Lipinski definition) is 2. The molecule has 0 bridgehead atoms. The summed E-state index contributed by atoms with van der Waals surface area (Å²) in [5, 5.41) is 8.42. The van der Waals surface area contributed by atoms with Crippen LogP contribution in [0.15, 0.2) is 18.2 Å². The number of alkyl halides is 1.